The lowest BCUT2D eigenvalue weighted by Crippen LogP contribution is -2.50. The number of carbonyl (C=O) groups excluding carboxylic acids is 2. The molecule has 5 nitrogen and oxygen atoms in total. The molecule has 0 aliphatic heterocycles. The predicted molar refractivity (Wildman–Crippen MR) is 102 cm³/mol. The number of amides is 1. The number of hydrogen-bond donors (Lipinski definition) is 3. The molecule has 3 N–H and O–H groups in total. The highest BCUT2D eigenvalue weighted by Gasteiger charge is 2.21. The molecule has 136 valence electrons. The molecule has 3 atom stereocenters. The largest absolute Gasteiger partial charge is 0.361 e. The van der Waals surface area contributed by atoms with E-state index in [2.05, 4.69) is 29.5 Å². The summed E-state index contributed by atoms with van der Waals surface area (Å²) in [6.07, 6.45) is 6.01. The van der Waals surface area contributed by atoms with Gasteiger partial charge in [0.05, 0.1) is 12.1 Å². The summed E-state index contributed by atoms with van der Waals surface area (Å²) < 4.78 is 0. The van der Waals surface area contributed by atoms with Gasteiger partial charge in [0.25, 0.3) is 0 Å². The number of benzene rings is 1. The molecule has 0 aliphatic rings. The van der Waals surface area contributed by atoms with Gasteiger partial charge in [-0.1, -0.05) is 38.5 Å². The Morgan fingerprint density at radius 1 is 1.28 bits per heavy atom. The molecule has 0 fully saturated rings. The number of hydrogen-bond acceptors (Lipinski definition) is 3. The van der Waals surface area contributed by atoms with Crippen molar-refractivity contribution in [3.63, 3.8) is 0 Å². The summed E-state index contributed by atoms with van der Waals surface area (Å²) in [5.41, 5.74) is 2.07. The maximum atomic E-state index is 12.5. The summed E-state index contributed by atoms with van der Waals surface area (Å²) in [5.74, 6) is -0.109. The van der Waals surface area contributed by atoms with Crippen molar-refractivity contribution in [1.82, 2.24) is 15.6 Å². The normalized spacial score (nSPS) is 14.8. The third kappa shape index (κ3) is 5.16. The number of carbonyl (C=O) groups is 2. The van der Waals surface area contributed by atoms with E-state index in [4.69, 9.17) is 0 Å². The number of nitrogens with one attached hydrogen (secondary N) is 3. The van der Waals surface area contributed by atoms with Crippen LogP contribution in [0, 0.1) is 0 Å². The van der Waals surface area contributed by atoms with Crippen LogP contribution >= 0.6 is 0 Å². The molecule has 1 aromatic carbocycles. The fourth-order valence-electron chi connectivity index (χ4n) is 3.19. The Morgan fingerprint density at radius 3 is 2.72 bits per heavy atom. The zero-order valence-electron chi connectivity index (χ0n) is 15.3. The maximum Gasteiger partial charge on any atom is 0.237 e. The van der Waals surface area contributed by atoms with Crippen LogP contribution in [0.5, 0.6) is 0 Å². The van der Waals surface area contributed by atoms with E-state index >= 15 is 0 Å². The second-order valence-electron chi connectivity index (χ2n) is 6.63. The molecule has 2 rings (SSSR count). The van der Waals surface area contributed by atoms with Crippen molar-refractivity contribution in [2.45, 2.75) is 64.6 Å². The van der Waals surface area contributed by atoms with Gasteiger partial charge in [0, 0.05) is 29.6 Å². The fourth-order valence-corrected chi connectivity index (χ4v) is 3.19. The topological polar surface area (TPSA) is 74.0 Å². The molecule has 1 unspecified atom stereocenters. The van der Waals surface area contributed by atoms with E-state index in [1.807, 2.05) is 37.4 Å². The molecule has 0 saturated heterocycles. The summed E-state index contributed by atoms with van der Waals surface area (Å²) in [5, 5.41) is 7.32. The lowest BCUT2D eigenvalue weighted by Gasteiger charge is -2.23. The molecular weight excluding hydrogens is 314 g/mol. The highest BCUT2D eigenvalue weighted by atomic mass is 16.2. The Bertz CT molecular complexity index is 695. The van der Waals surface area contributed by atoms with E-state index in [-0.39, 0.29) is 18.0 Å². The number of rotatable bonds is 10. The molecule has 5 heteroatoms. The number of H-pyrrole nitrogens is 1. The standard InChI is InChI=1S/C20H29N3O2/c1-4-8-14(3)22-18(5-2)20(25)23-16(13-24)11-15-12-21-19-10-7-6-9-17(15)19/h6-7,9-10,12-14,16,18,21-22H,4-5,8,11H2,1-3H3,(H,23,25)/t14?,16-,18-/m0/s1. The van der Waals surface area contributed by atoms with Gasteiger partial charge in [0.1, 0.15) is 6.29 Å². The zero-order chi connectivity index (χ0) is 18.2. The molecule has 0 aliphatic carbocycles. The first-order valence-electron chi connectivity index (χ1n) is 9.15. The van der Waals surface area contributed by atoms with Gasteiger partial charge in [-0.15, -0.1) is 0 Å². The molecule has 1 amide bonds. The van der Waals surface area contributed by atoms with Crippen molar-refractivity contribution >= 4 is 23.1 Å². The molecule has 0 radical (unpaired) electrons. The zero-order valence-corrected chi connectivity index (χ0v) is 15.3. The average molecular weight is 343 g/mol. The molecule has 25 heavy (non-hydrogen) atoms. The van der Waals surface area contributed by atoms with Crippen LogP contribution in [0.15, 0.2) is 30.5 Å². The highest BCUT2D eigenvalue weighted by Crippen LogP contribution is 2.18. The van der Waals surface area contributed by atoms with Crippen molar-refractivity contribution < 1.29 is 9.59 Å². The third-order valence-corrected chi connectivity index (χ3v) is 4.54. The summed E-state index contributed by atoms with van der Waals surface area (Å²) >= 11 is 0. The summed E-state index contributed by atoms with van der Waals surface area (Å²) in [7, 11) is 0. The predicted octanol–water partition coefficient (Wildman–Crippen LogP) is 2.95. The Kier molecular flexibility index (Phi) is 7.19. The fraction of sp³-hybridized carbons (Fsp3) is 0.500. The van der Waals surface area contributed by atoms with Gasteiger partial charge in [0.15, 0.2) is 0 Å². The van der Waals surface area contributed by atoms with Crippen molar-refractivity contribution in [1.29, 1.82) is 0 Å². The summed E-state index contributed by atoms with van der Waals surface area (Å²) in [6, 6.07) is 7.45. The second-order valence-corrected chi connectivity index (χ2v) is 6.63. The van der Waals surface area contributed by atoms with Crippen LogP contribution in [-0.4, -0.2) is 35.3 Å². The van der Waals surface area contributed by atoms with Crippen LogP contribution in [0.25, 0.3) is 10.9 Å². The smallest absolute Gasteiger partial charge is 0.237 e. The first kappa shape index (κ1) is 19.2. The summed E-state index contributed by atoms with van der Waals surface area (Å²) in [6.45, 7) is 6.19. The lowest BCUT2D eigenvalue weighted by molar-refractivity contribution is -0.126. The Labute approximate surface area is 149 Å². The van der Waals surface area contributed by atoms with Crippen LogP contribution < -0.4 is 10.6 Å². The molecule has 0 bridgehead atoms. The van der Waals surface area contributed by atoms with Crippen LogP contribution in [0.4, 0.5) is 0 Å². The van der Waals surface area contributed by atoms with E-state index in [9.17, 15) is 9.59 Å². The quantitative estimate of drug-likeness (QED) is 0.581. The Hall–Kier alpha value is -2.14. The van der Waals surface area contributed by atoms with Crippen molar-refractivity contribution in [2.75, 3.05) is 0 Å². The minimum absolute atomic E-state index is 0.109. The van der Waals surface area contributed by atoms with Gasteiger partial charge in [-0.25, -0.2) is 0 Å². The molecule has 0 saturated carbocycles. The van der Waals surface area contributed by atoms with E-state index in [0.717, 1.165) is 35.6 Å². The highest BCUT2D eigenvalue weighted by molar-refractivity contribution is 5.86. The number of para-hydroxylation sites is 1. The van der Waals surface area contributed by atoms with E-state index in [0.29, 0.717) is 12.8 Å². The number of aromatic nitrogens is 1. The number of aromatic amines is 1. The van der Waals surface area contributed by atoms with Crippen LogP contribution in [0.3, 0.4) is 0 Å². The minimum atomic E-state index is -0.524. The second kappa shape index (κ2) is 9.37. The van der Waals surface area contributed by atoms with Crippen LogP contribution in [0.2, 0.25) is 0 Å². The van der Waals surface area contributed by atoms with Gasteiger partial charge >= 0.3 is 0 Å². The van der Waals surface area contributed by atoms with Crippen LogP contribution in [0.1, 0.15) is 45.6 Å². The lowest BCUT2D eigenvalue weighted by atomic mass is 10.0. The third-order valence-electron chi connectivity index (χ3n) is 4.54. The van der Waals surface area contributed by atoms with E-state index < -0.39 is 6.04 Å². The average Bonchev–Trinajstić information content (AvgIpc) is 3.02. The van der Waals surface area contributed by atoms with E-state index in [1.54, 1.807) is 0 Å². The van der Waals surface area contributed by atoms with Crippen molar-refractivity contribution in [3.8, 4) is 0 Å². The van der Waals surface area contributed by atoms with Crippen LogP contribution in [-0.2, 0) is 16.0 Å². The molecule has 0 spiro atoms. The molecule has 2 aromatic rings. The Morgan fingerprint density at radius 2 is 2.04 bits per heavy atom. The monoisotopic (exact) mass is 343 g/mol. The first-order valence-corrected chi connectivity index (χ1v) is 9.15. The Balaban J connectivity index is 2.00. The first-order chi connectivity index (χ1) is 12.1. The van der Waals surface area contributed by atoms with Gasteiger partial charge in [0.2, 0.25) is 5.91 Å². The van der Waals surface area contributed by atoms with Gasteiger partial charge < -0.3 is 20.4 Å². The minimum Gasteiger partial charge on any atom is -0.361 e. The molecule has 1 aromatic heterocycles. The van der Waals surface area contributed by atoms with Crippen molar-refractivity contribution in [3.05, 3.63) is 36.0 Å². The summed E-state index contributed by atoms with van der Waals surface area (Å²) in [4.78, 5) is 27.2. The van der Waals surface area contributed by atoms with Gasteiger partial charge in [-0.2, -0.15) is 0 Å². The SMILES string of the molecule is CCCC(C)N[C@@H](CC)C(=O)N[C@H](C=O)Cc1c[nH]c2ccccc12. The molecule has 1 heterocycles. The van der Waals surface area contributed by atoms with E-state index in [1.165, 1.54) is 0 Å². The number of aldehydes is 1. The van der Waals surface area contributed by atoms with Gasteiger partial charge in [-0.3, -0.25) is 4.79 Å². The van der Waals surface area contributed by atoms with Crippen molar-refractivity contribution in [2.24, 2.45) is 0 Å². The maximum absolute atomic E-state index is 12.5. The molecular formula is C20H29N3O2. The van der Waals surface area contributed by atoms with Gasteiger partial charge in [-0.05, 0) is 31.4 Å². The number of fused-ring (bicyclic) bond motifs is 1.